The summed E-state index contributed by atoms with van der Waals surface area (Å²) in [5.41, 5.74) is 3.35. The van der Waals surface area contributed by atoms with Crippen LogP contribution in [0.5, 0.6) is 11.5 Å². The summed E-state index contributed by atoms with van der Waals surface area (Å²) in [6.07, 6.45) is 0. The maximum absolute atomic E-state index is 9.93. The first-order valence-corrected chi connectivity index (χ1v) is 7.69. The number of rotatable bonds is 5. The van der Waals surface area contributed by atoms with Gasteiger partial charge in [-0.1, -0.05) is 48.0 Å². The van der Waals surface area contributed by atoms with Gasteiger partial charge in [0.05, 0.1) is 5.69 Å². The lowest BCUT2D eigenvalue weighted by molar-refractivity contribution is 0.306. The Hall–Kier alpha value is -3.14. The SMILES string of the molecule is Cc1ccc(N=Nc2cc(OCc3ccccc3)ccc2O)cc1. The Morgan fingerprint density at radius 1 is 0.875 bits per heavy atom. The van der Waals surface area contributed by atoms with Crippen LogP contribution in [0.4, 0.5) is 11.4 Å². The zero-order valence-electron chi connectivity index (χ0n) is 13.4. The lowest BCUT2D eigenvalue weighted by atomic mass is 10.2. The van der Waals surface area contributed by atoms with E-state index in [1.54, 1.807) is 18.2 Å². The Kier molecular flexibility index (Phi) is 4.87. The van der Waals surface area contributed by atoms with Gasteiger partial charge in [0.2, 0.25) is 0 Å². The molecule has 24 heavy (non-hydrogen) atoms. The first kappa shape index (κ1) is 15.7. The average Bonchev–Trinajstić information content (AvgIpc) is 2.62. The van der Waals surface area contributed by atoms with Crippen LogP contribution in [0, 0.1) is 6.92 Å². The van der Waals surface area contributed by atoms with E-state index in [0.29, 0.717) is 18.0 Å². The van der Waals surface area contributed by atoms with Crippen LogP contribution in [0.2, 0.25) is 0 Å². The van der Waals surface area contributed by atoms with Crippen LogP contribution >= 0.6 is 0 Å². The molecule has 3 aromatic carbocycles. The Morgan fingerprint density at radius 3 is 2.38 bits per heavy atom. The molecule has 4 nitrogen and oxygen atoms in total. The molecule has 0 unspecified atom stereocenters. The smallest absolute Gasteiger partial charge is 0.143 e. The van der Waals surface area contributed by atoms with Crippen molar-refractivity contribution in [2.75, 3.05) is 0 Å². The normalized spacial score (nSPS) is 10.9. The number of phenolic OH excluding ortho intramolecular Hbond substituents is 1. The van der Waals surface area contributed by atoms with Crippen molar-refractivity contribution in [3.63, 3.8) is 0 Å². The molecule has 0 saturated carbocycles. The average molecular weight is 318 g/mol. The maximum Gasteiger partial charge on any atom is 0.143 e. The van der Waals surface area contributed by atoms with Crippen molar-refractivity contribution in [1.29, 1.82) is 0 Å². The molecule has 0 heterocycles. The van der Waals surface area contributed by atoms with E-state index in [0.717, 1.165) is 16.8 Å². The van der Waals surface area contributed by atoms with Crippen molar-refractivity contribution < 1.29 is 9.84 Å². The van der Waals surface area contributed by atoms with E-state index < -0.39 is 0 Å². The third-order valence-electron chi connectivity index (χ3n) is 3.50. The van der Waals surface area contributed by atoms with Gasteiger partial charge >= 0.3 is 0 Å². The molecule has 3 rings (SSSR count). The molecule has 4 heteroatoms. The highest BCUT2D eigenvalue weighted by molar-refractivity contribution is 5.54. The summed E-state index contributed by atoms with van der Waals surface area (Å²) >= 11 is 0. The number of azo groups is 1. The van der Waals surface area contributed by atoms with Crippen LogP contribution in [0.15, 0.2) is 83.0 Å². The minimum atomic E-state index is 0.0675. The van der Waals surface area contributed by atoms with Gasteiger partial charge in [0, 0.05) is 6.07 Å². The zero-order chi connectivity index (χ0) is 16.8. The van der Waals surface area contributed by atoms with Gasteiger partial charge in [-0.25, -0.2) is 0 Å². The highest BCUT2D eigenvalue weighted by Gasteiger charge is 2.03. The Morgan fingerprint density at radius 2 is 1.62 bits per heavy atom. The minimum Gasteiger partial charge on any atom is -0.506 e. The summed E-state index contributed by atoms with van der Waals surface area (Å²) in [4.78, 5) is 0. The molecule has 0 amide bonds. The molecular weight excluding hydrogens is 300 g/mol. The summed E-state index contributed by atoms with van der Waals surface area (Å²) in [5, 5.41) is 18.2. The molecular formula is C20H18N2O2. The lowest BCUT2D eigenvalue weighted by Gasteiger charge is -2.07. The topological polar surface area (TPSA) is 54.2 Å². The predicted octanol–water partition coefficient (Wildman–Crippen LogP) is 5.70. The third kappa shape index (κ3) is 4.20. The molecule has 0 radical (unpaired) electrons. The standard InChI is InChI=1S/C20H18N2O2/c1-15-7-9-17(10-8-15)21-22-19-13-18(11-12-20(19)23)24-14-16-5-3-2-4-6-16/h2-13,23H,14H2,1H3. The molecule has 3 aromatic rings. The molecule has 0 aliphatic rings. The van der Waals surface area contributed by atoms with Crippen molar-refractivity contribution in [3.05, 3.63) is 83.9 Å². The molecule has 0 fully saturated rings. The molecule has 0 aliphatic carbocycles. The van der Waals surface area contributed by atoms with Crippen molar-refractivity contribution in [2.24, 2.45) is 10.2 Å². The van der Waals surface area contributed by atoms with Gasteiger partial charge in [-0.15, -0.1) is 5.11 Å². The number of ether oxygens (including phenoxy) is 1. The highest BCUT2D eigenvalue weighted by atomic mass is 16.5. The number of phenols is 1. The summed E-state index contributed by atoms with van der Waals surface area (Å²) < 4.78 is 5.74. The zero-order valence-corrected chi connectivity index (χ0v) is 13.4. The van der Waals surface area contributed by atoms with Crippen LogP contribution in [0.3, 0.4) is 0 Å². The minimum absolute atomic E-state index is 0.0675. The van der Waals surface area contributed by atoms with E-state index in [1.807, 2.05) is 61.5 Å². The number of hydrogen-bond acceptors (Lipinski definition) is 4. The number of hydrogen-bond donors (Lipinski definition) is 1. The Labute approximate surface area is 141 Å². The Bertz CT molecular complexity index is 828. The van der Waals surface area contributed by atoms with Gasteiger partial charge in [0.15, 0.2) is 0 Å². The van der Waals surface area contributed by atoms with Gasteiger partial charge in [-0.3, -0.25) is 0 Å². The fourth-order valence-electron chi connectivity index (χ4n) is 2.14. The number of nitrogens with zero attached hydrogens (tertiary/aromatic N) is 2. The molecule has 0 bridgehead atoms. The summed E-state index contributed by atoms with van der Waals surface area (Å²) in [5.74, 6) is 0.701. The molecule has 120 valence electrons. The van der Waals surface area contributed by atoms with Crippen LogP contribution in [-0.4, -0.2) is 5.11 Å². The van der Waals surface area contributed by atoms with E-state index in [4.69, 9.17) is 4.74 Å². The van der Waals surface area contributed by atoms with Gasteiger partial charge in [-0.2, -0.15) is 5.11 Å². The van der Waals surface area contributed by atoms with Gasteiger partial charge in [-0.05, 0) is 36.8 Å². The second-order valence-electron chi connectivity index (χ2n) is 5.46. The second-order valence-corrected chi connectivity index (χ2v) is 5.46. The lowest BCUT2D eigenvalue weighted by Crippen LogP contribution is -1.94. The van der Waals surface area contributed by atoms with E-state index in [1.165, 1.54) is 0 Å². The van der Waals surface area contributed by atoms with Crippen LogP contribution in [0.25, 0.3) is 0 Å². The van der Waals surface area contributed by atoms with Crippen LogP contribution in [0.1, 0.15) is 11.1 Å². The predicted molar refractivity (Wildman–Crippen MR) is 94.2 cm³/mol. The first-order chi connectivity index (χ1) is 11.7. The fraction of sp³-hybridized carbons (Fsp3) is 0.100. The van der Waals surface area contributed by atoms with E-state index >= 15 is 0 Å². The van der Waals surface area contributed by atoms with Crippen molar-refractivity contribution in [2.45, 2.75) is 13.5 Å². The molecule has 1 N–H and O–H groups in total. The van der Waals surface area contributed by atoms with Crippen molar-refractivity contribution in [3.8, 4) is 11.5 Å². The number of aromatic hydroxyl groups is 1. The van der Waals surface area contributed by atoms with Crippen molar-refractivity contribution in [1.82, 2.24) is 0 Å². The Balaban J connectivity index is 1.72. The van der Waals surface area contributed by atoms with Gasteiger partial charge in [0.25, 0.3) is 0 Å². The summed E-state index contributed by atoms with van der Waals surface area (Å²) in [7, 11) is 0. The fourth-order valence-corrected chi connectivity index (χ4v) is 2.14. The molecule has 0 spiro atoms. The van der Waals surface area contributed by atoms with E-state index in [2.05, 4.69) is 10.2 Å². The van der Waals surface area contributed by atoms with Crippen molar-refractivity contribution >= 4 is 11.4 Å². The summed E-state index contributed by atoms with van der Waals surface area (Å²) in [6.45, 7) is 2.47. The quantitative estimate of drug-likeness (QED) is 0.614. The van der Waals surface area contributed by atoms with E-state index in [9.17, 15) is 5.11 Å². The highest BCUT2D eigenvalue weighted by Crippen LogP contribution is 2.32. The maximum atomic E-state index is 9.93. The molecule has 0 aliphatic heterocycles. The largest absolute Gasteiger partial charge is 0.506 e. The van der Waals surface area contributed by atoms with Crippen LogP contribution < -0.4 is 4.74 Å². The van der Waals surface area contributed by atoms with Gasteiger partial charge < -0.3 is 9.84 Å². The van der Waals surface area contributed by atoms with Gasteiger partial charge in [0.1, 0.15) is 23.8 Å². The number of benzene rings is 3. The third-order valence-corrected chi connectivity index (χ3v) is 3.50. The molecule has 0 saturated heterocycles. The molecule has 0 aromatic heterocycles. The number of aryl methyl sites for hydroxylation is 1. The van der Waals surface area contributed by atoms with Crippen LogP contribution in [-0.2, 0) is 6.61 Å². The second kappa shape index (κ2) is 7.42. The summed E-state index contributed by atoms with van der Waals surface area (Å²) in [6, 6.07) is 22.5. The monoisotopic (exact) mass is 318 g/mol. The molecule has 0 atom stereocenters. The first-order valence-electron chi connectivity index (χ1n) is 7.69. The van der Waals surface area contributed by atoms with E-state index in [-0.39, 0.29) is 5.75 Å².